The van der Waals surface area contributed by atoms with Gasteiger partial charge in [-0.05, 0) is 43.0 Å². The maximum Gasteiger partial charge on any atom is 0.299 e. The second kappa shape index (κ2) is 6.92. The predicted molar refractivity (Wildman–Crippen MR) is 94.2 cm³/mol. The van der Waals surface area contributed by atoms with Crippen LogP contribution >= 0.6 is 23.1 Å². The Hall–Kier alpha value is -2.66. The summed E-state index contributed by atoms with van der Waals surface area (Å²) >= 11 is 2.58. The molecule has 0 radical (unpaired) electrons. The minimum Gasteiger partial charge on any atom is -0.330 e. The van der Waals surface area contributed by atoms with Crippen LogP contribution in [0.4, 0.5) is 19.6 Å². The molecule has 0 atom stereocenters. The van der Waals surface area contributed by atoms with Gasteiger partial charge in [0.05, 0.1) is 0 Å². The Morgan fingerprint density at radius 1 is 1.04 bits per heavy atom. The molecule has 0 spiro atoms. The molecule has 7 nitrogen and oxygen atoms in total. The van der Waals surface area contributed by atoms with E-state index in [-0.39, 0.29) is 5.65 Å². The Labute approximate surface area is 154 Å². The number of aromatic nitrogens is 6. The van der Waals surface area contributed by atoms with Crippen LogP contribution in [0.2, 0.25) is 0 Å². The Morgan fingerprint density at radius 3 is 2.62 bits per heavy atom. The lowest BCUT2D eigenvalue weighted by molar-refractivity contribution is 0.137. The number of anilines is 2. The highest BCUT2D eigenvalue weighted by atomic mass is 32.2. The summed E-state index contributed by atoms with van der Waals surface area (Å²) in [5, 5.41) is 23.8. The Balaban J connectivity index is 1.52. The monoisotopic (exact) mass is 391 g/mol. The number of nitrogens with zero attached hydrogens (tertiary/aromatic N) is 6. The molecule has 26 heavy (non-hydrogen) atoms. The van der Waals surface area contributed by atoms with E-state index in [2.05, 4.69) is 30.8 Å². The molecule has 0 saturated carbocycles. The van der Waals surface area contributed by atoms with Gasteiger partial charge in [0, 0.05) is 5.69 Å². The zero-order chi connectivity index (χ0) is 18.1. The number of hydrogen-bond acceptors (Lipinski definition) is 8. The summed E-state index contributed by atoms with van der Waals surface area (Å²) in [7, 11) is 0. The molecular weight excluding hydrogens is 380 g/mol. The van der Waals surface area contributed by atoms with E-state index in [0.717, 1.165) is 10.2 Å². The van der Waals surface area contributed by atoms with E-state index in [1.165, 1.54) is 28.7 Å². The summed E-state index contributed by atoms with van der Waals surface area (Å²) in [6.07, 6.45) is -2.75. The quantitative estimate of drug-likeness (QED) is 0.548. The first kappa shape index (κ1) is 16.8. The van der Waals surface area contributed by atoms with Crippen LogP contribution in [0.1, 0.15) is 17.8 Å². The number of hydrogen-bond donors (Lipinski definition) is 1. The lowest BCUT2D eigenvalue weighted by atomic mass is 10.2. The minimum atomic E-state index is -2.75. The molecule has 4 rings (SSSR count). The van der Waals surface area contributed by atoms with Crippen molar-refractivity contribution in [1.82, 2.24) is 30.0 Å². The summed E-state index contributed by atoms with van der Waals surface area (Å²) in [5.74, 6) is -0.485. The Kier molecular flexibility index (Phi) is 4.47. The number of rotatable bonds is 5. The normalized spacial score (nSPS) is 11.4. The smallest absolute Gasteiger partial charge is 0.299 e. The second-order valence-corrected chi connectivity index (χ2v) is 7.51. The molecule has 132 valence electrons. The highest BCUT2D eigenvalue weighted by molar-refractivity contribution is 8.01. The molecule has 4 aromatic rings. The van der Waals surface area contributed by atoms with Gasteiger partial charge in [-0.2, -0.15) is 9.61 Å². The van der Waals surface area contributed by atoms with E-state index >= 15 is 0 Å². The van der Waals surface area contributed by atoms with Crippen LogP contribution in [0.3, 0.4) is 0 Å². The standard InChI is InChI=1S/C15H11F2N7S2/c1-8-2-4-9(5-3-8)18-14-21-22-15(26-14)25-11-7-6-10-19-20-13(12(16)17)24(10)23-11/h2-7,12H,1H3,(H,18,21). The van der Waals surface area contributed by atoms with Crippen molar-refractivity contribution in [2.75, 3.05) is 5.32 Å². The van der Waals surface area contributed by atoms with Gasteiger partial charge in [0.2, 0.25) is 11.0 Å². The van der Waals surface area contributed by atoms with Gasteiger partial charge in [-0.1, -0.05) is 29.0 Å². The van der Waals surface area contributed by atoms with Crippen LogP contribution in [0.15, 0.2) is 45.8 Å². The predicted octanol–water partition coefficient (Wildman–Crippen LogP) is 4.12. The van der Waals surface area contributed by atoms with Crippen molar-refractivity contribution in [2.45, 2.75) is 22.7 Å². The maximum atomic E-state index is 12.9. The molecular formula is C15H11F2N7S2. The van der Waals surface area contributed by atoms with Gasteiger partial charge >= 0.3 is 0 Å². The van der Waals surface area contributed by atoms with E-state index in [4.69, 9.17) is 0 Å². The number of fused-ring (bicyclic) bond motifs is 1. The topological polar surface area (TPSA) is 80.9 Å². The fourth-order valence-electron chi connectivity index (χ4n) is 2.13. The van der Waals surface area contributed by atoms with Gasteiger partial charge in [-0.25, -0.2) is 8.78 Å². The first-order valence-corrected chi connectivity index (χ1v) is 9.07. The first-order chi connectivity index (χ1) is 12.6. The van der Waals surface area contributed by atoms with Gasteiger partial charge in [0.25, 0.3) is 6.43 Å². The van der Waals surface area contributed by atoms with Gasteiger partial charge < -0.3 is 5.32 Å². The molecule has 0 aliphatic carbocycles. The van der Waals surface area contributed by atoms with E-state index < -0.39 is 12.2 Å². The average Bonchev–Trinajstić information content (AvgIpc) is 3.23. The van der Waals surface area contributed by atoms with E-state index in [1.54, 1.807) is 12.1 Å². The summed E-state index contributed by atoms with van der Waals surface area (Å²) in [5.41, 5.74) is 2.35. The number of alkyl halides is 2. The van der Waals surface area contributed by atoms with Crippen molar-refractivity contribution in [3.8, 4) is 0 Å². The molecule has 3 aromatic heterocycles. The lowest BCUT2D eigenvalue weighted by Crippen LogP contribution is -2.00. The third-order valence-electron chi connectivity index (χ3n) is 3.36. The van der Waals surface area contributed by atoms with Gasteiger partial charge in [0.15, 0.2) is 9.99 Å². The summed E-state index contributed by atoms with van der Waals surface area (Å²) in [6.45, 7) is 2.02. The van der Waals surface area contributed by atoms with E-state index in [1.807, 2.05) is 31.2 Å². The zero-order valence-corrected chi connectivity index (χ0v) is 14.9. The molecule has 11 heteroatoms. The molecule has 0 unspecified atom stereocenters. The van der Waals surface area contributed by atoms with Crippen molar-refractivity contribution in [3.63, 3.8) is 0 Å². The highest BCUT2D eigenvalue weighted by Gasteiger charge is 2.17. The Morgan fingerprint density at radius 2 is 1.85 bits per heavy atom. The summed E-state index contributed by atoms with van der Waals surface area (Å²) in [6, 6.07) is 11.2. The molecule has 0 amide bonds. The first-order valence-electron chi connectivity index (χ1n) is 7.44. The van der Waals surface area contributed by atoms with E-state index in [9.17, 15) is 8.78 Å². The summed E-state index contributed by atoms with van der Waals surface area (Å²) in [4.78, 5) is 0. The number of halogens is 2. The third kappa shape index (κ3) is 3.48. The van der Waals surface area contributed by atoms with Gasteiger partial charge in [-0.15, -0.1) is 20.4 Å². The van der Waals surface area contributed by atoms with Crippen LogP contribution in [-0.2, 0) is 0 Å². The van der Waals surface area contributed by atoms with Crippen molar-refractivity contribution < 1.29 is 8.78 Å². The zero-order valence-electron chi connectivity index (χ0n) is 13.3. The van der Waals surface area contributed by atoms with Gasteiger partial charge in [0.1, 0.15) is 5.03 Å². The second-order valence-electron chi connectivity index (χ2n) is 5.27. The van der Waals surface area contributed by atoms with Crippen LogP contribution in [0, 0.1) is 6.92 Å². The Bertz CT molecular complexity index is 1050. The molecule has 0 aliphatic rings. The third-order valence-corrected chi connectivity index (χ3v) is 5.18. The molecule has 3 heterocycles. The van der Waals surface area contributed by atoms with Crippen LogP contribution in [0.5, 0.6) is 0 Å². The molecule has 0 fully saturated rings. The van der Waals surface area contributed by atoms with Crippen molar-refractivity contribution >= 4 is 39.6 Å². The molecule has 0 aliphatic heterocycles. The number of nitrogens with one attached hydrogen (secondary N) is 1. The average molecular weight is 391 g/mol. The van der Waals surface area contributed by atoms with Gasteiger partial charge in [-0.3, -0.25) is 0 Å². The number of aryl methyl sites for hydroxylation is 1. The van der Waals surface area contributed by atoms with Crippen LogP contribution in [0.25, 0.3) is 5.65 Å². The number of benzene rings is 1. The summed E-state index contributed by atoms with van der Waals surface area (Å²) < 4.78 is 27.5. The molecule has 1 aromatic carbocycles. The molecule has 0 saturated heterocycles. The van der Waals surface area contributed by atoms with Crippen LogP contribution < -0.4 is 5.32 Å². The SMILES string of the molecule is Cc1ccc(Nc2nnc(Sc3ccc4nnc(C(F)F)n4n3)s2)cc1. The largest absolute Gasteiger partial charge is 0.330 e. The molecule has 1 N–H and O–H groups in total. The van der Waals surface area contributed by atoms with Crippen molar-refractivity contribution in [2.24, 2.45) is 0 Å². The van der Waals surface area contributed by atoms with E-state index in [0.29, 0.717) is 14.5 Å². The van der Waals surface area contributed by atoms with Crippen LogP contribution in [-0.4, -0.2) is 30.0 Å². The minimum absolute atomic E-state index is 0.267. The van der Waals surface area contributed by atoms with Crippen molar-refractivity contribution in [3.05, 3.63) is 47.8 Å². The lowest BCUT2D eigenvalue weighted by Gasteiger charge is -2.01. The van der Waals surface area contributed by atoms with Crippen molar-refractivity contribution in [1.29, 1.82) is 0 Å². The molecule has 0 bridgehead atoms. The highest BCUT2D eigenvalue weighted by Crippen LogP contribution is 2.32. The fraction of sp³-hybridized carbons (Fsp3) is 0.133. The maximum absolute atomic E-state index is 12.9. The fourth-order valence-corrected chi connectivity index (χ4v) is 3.81.